The maximum atomic E-state index is 14.8. The molecule has 7 nitrogen and oxygen atoms in total. The van der Waals surface area contributed by atoms with E-state index < -0.39 is 30.1 Å². The van der Waals surface area contributed by atoms with Crippen molar-refractivity contribution in [3.05, 3.63) is 35.9 Å². The molecule has 3 rings (SSSR count). The lowest BCUT2D eigenvalue weighted by Crippen LogP contribution is -2.56. The van der Waals surface area contributed by atoms with Gasteiger partial charge in [-0.05, 0) is 32.8 Å². The van der Waals surface area contributed by atoms with Crippen LogP contribution in [-0.4, -0.2) is 84.2 Å². The molecule has 1 aromatic carbocycles. The van der Waals surface area contributed by atoms with Crippen molar-refractivity contribution in [1.82, 2.24) is 14.7 Å². The van der Waals surface area contributed by atoms with Gasteiger partial charge in [-0.25, -0.2) is 18.4 Å². The van der Waals surface area contributed by atoms with Crippen LogP contribution in [0.15, 0.2) is 30.3 Å². The maximum absolute atomic E-state index is 14.8. The number of amides is 2. The molecule has 0 spiro atoms. The van der Waals surface area contributed by atoms with Crippen LogP contribution in [0.4, 0.5) is 18.4 Å². The van der Waals surface area contributed by atoms with Gasteiger partial charge in [0.25, 0.3) is 5.92 Å². The van der Waals surface area contributed by atoms with E-state index in [2.05, 4.69) is 0 Å². The van der Waals surface area contributed by atoms with Crippen LogP contribution >= 0.6 is 0 Å². The number of rotatable bonds is 4. The van der Waals surface area contributed by atoms with Crippen molar-refractivity contribution in [1.29, 1.82) is 0 Å². The minimum Gasteiger partial charge on any atom is -0.445 e. The summed E-state index contributed by atoms with van der Waals surface area (Å²) in [6.45, 7) is 7.29. The third-order valence-electron chi connectivity index (χ3n) is 5.71. The van der Waals surface area contributed by atoms with E-state index in [4.69, 9.17) is 9.47 Å². The Hall–Kier alpha value is -2.42. The Balaban J connectivity index is 1.44. The number of alkyl halides is 2. The fourth-order valence-corrected chi connectivity index (χ4v) is 3.93. The fourth-order valence-electron chi connectivity index (χ4n) is 3.93. The molecule has 2 amide bonds. The number of nitrogens with zero attached hydrogens (tertiary/aromatic N) is 3. The van der Waals surface area contributed by atoms with Crippen molar-refractivity contribution < 1.29 is 27.8 Å². The van der Waals surface area contributed by atoms with Gasteiger partial charge in [-0.3, -0.25) is 4.90 Å². The average molecular weight is 454 g/mol. The summed E-state index contributed by atoms with van der Waals surface area (Å²) in [7, 11) is 0. The number of carbonyl (C=O) groups is 2. The van der Waals surface area contributed by atoms with Gasteiger partial charge in [0, 0.05) is 45.2 Å². The average Bonchev–Trinajstić information content (AvgIpc) is 2.73. The minimum atomic E-state index is -2.99. The molecule has 0 aromatic heterocycles. The molecule has 0 bridgehead atoms. The van der Waals surface area contributed by atoms with Crippen LogP contribution in [0.25, 0.3) is 0 Å². The summed E-state index contributed by atoms with van der Waals surface area (Å²) in [5.74, 6) is -3.83. The standard InChI is InChI=1S/C23H33F2N3O4/c1-22(2,3)32-21(30)27-13-11-26(12-14-27)15-19-9-10-28(17-23(19,24)25)20(29)31-16-18-7-5-4-6-8-18/h4-8,19H,9-17H2,1-3H3. The van der Waals surface area contributed by atoms with E-state index in [9.17, 15) is 18.4 Å². The molecule has 2 saturated heterocycles. The molecular formula is C23H33F2N3O4. The van der Waals surface area contributed by atoms with Gasteiger partial charge in [0.05, 0.1) is 6.54 Å². The molecule has 1 unspecified atom stereocenters. The van der Waals surface area contributed by atoms with Gasteiger partial charge in [0.2, 0.25) is 0 Å². The Morgan fingerprint density at radius 3 is 2.25 bits per heavy atom. The number of ether oxygens (including phenoxy) is 2. The number of piperidine rings is 1. The minimum absolute atomic E-state index is 0.0626. The zero-order valence-corrected chi connectivity index (χ0v) is 19.1. The first-order valence-corrected chi connectivity index (χ1v) is 11.1. The van der Waals surface area contributed by atoms with Crippen LogP contribution in [0.5, 0.6) is 0 Å². The second-order valence-corrected chi connectivity index (χ2v) is 9.48. The van der Waals surface area contributed by atoms with E-state index >= 15 is 0 Å². The fraction of sp³-hybridized carbons (Fsp3) is 0.652. The van der Waals surface area contributed by atoms with Crippen molar-refractivity contribution in [2.45, 2.75) is 45.3 Å². The van der Waals surface area contributed by atoms with Gasteiger partial charge < -0.3 is 19.3 Å². The predicted octanol–water partition coefficient (Wildman–Crippen LogP) is 3.83. The summed E-state index contributed by atoms with van der Waals surface area (Å²) >= 11 is 0. The van der Waals surface area contributed by atoms with Crippen molar-refractivity contribution >= 4 is 12.2 Å². The molecule has 178 valence electrons. The van der Waals surface area contributed by atoms with Gasteiger partial charge >= 0.3 is 12.2 Å². The van der Waals surface area contributed by atoms with E-state index in [-0.39, 0.29) is 32.2 Å². The first-order valence-electron chi connectivity index (χ1n) is 11.1. The third kappa shape index (κ3) is 6.79. The molecule has 0 N–H and O–H groups in total. The summed E-state index contributed by atoms with van der Waals surface area (Å²) in [6, 6.07) is 9.15. The van der Waals surface area contributed by atoms with Crippen molar-refractivity contribution in [2.75, 3.05) is 45.8 Å². The molecule has 2 aliphatic rings. The maximum Gasteiger partial charge on any atom is 0.410 e. The number of carbonyl (C=O) groups excluding carboxylic acids is 2. The summed E-state index contributed by atoms with van der Waals surface area (Å²) in [4.78, 5) is 29.1. The lowest BCUT2D eigenvalue weighted by Gasteiger charge is -2.42. The van der Waals surface area contributed by atoms with Gasteiger partial charge in [-0.15, -0.1) is 0 Å². The van der Waals surface area contributed by atoms with Crippen molar-refractivity contribution in [3.8, 4) is 0 Å². The second kappa shape index (κ2) is 10.0. The topological polar surface area (TPSA) is 62.3 Å². The Kier molecular flexibility index (Phi) is 7.59. The highest BCUT2D eigenvalue weighted by atomic mass is 19.3. The molecule has 1 aromatic rings. The summed E-state index contributed by atoms with van der Waals surface area (Å²) in [6.07, 6.45) is -0.873. The number of halogens is 2. The summed E-state index contributed by atoms with van der Waals surface area (Å²) in [5.41, 5.74) is 0.250. The third-order valence-corrected chi connectivity index (χ3v) is 5.71. The number of hydrogen-bond acceptors (Lipinski definition) is 5. The molecule has 2 heterocycles. The van der Waals surface area contributed by atoms with Gasteiger partial charge in [-0.1, -0.05) is 30.3 Å². The van der Waals surface area contributed by atoms with E-state index in [1.807, 2.05) is 56.0 Å². The Bertz CT molecular complexity index is 777. The normalized spacial score (nSPS) is 21.8. The molecule has 1 atom stereocenters. The van der Waals surface area contributed by atoms with E-state index in [0.29, 0.717) is 26.2 Å². The Morgan fingerprint density at radius 2 is 1.66 bits per heavy atom. The van der Waals surface area contributed by atoms with Crippen molar-refractivity contribution in [3.63, 3.8) is 0 Å². The molecule has 0 saturated carbocycles. The zero-order valence-electron chi connectivity index (χ0n) is 19.1. The smallest absolute Gasteiger partial charge is 0.410 e. The molecule has 0 radical (unpaired) electrons. The highest BCUT2D eigenvalue weighted by molar-refractivity contribution is 5.68. The number of benzene rings is 1. The molecular weight excluding hydrogens is 420 g/mol. The lowest BCUT2D eigenvalue weighted by molar-refractivity contribution is -0.115. The second-order valence-electron chi connectivity index (χ2n) is 9.48. The highest BCUT2D eigenvalue weighted by Gasteiger charge is 2.47. The monoisotopic (exact) mass is 453 g/mol. The van der Waals surface area contributed by atoms with E-state index in [1.54, 1.807) is 4.90 Å². The van der Waals surface area contributed by atoms with Gasteiger partial charge in [0.15, 0.2) is 0 Å². The van der Waals surface area contributed by atoms with Crippen LogP contribution in [-0.2, 0) is 16.1 Å². The van der Waals surface area contributed by atoms with Gasteiger partial charge in [-0.2, -0.15) is 0 Å². The first-order chi connectivity index (χ1) is 15.0. The summed E-state index contributed by atoms with van der Waals surface area (Å²) in [5, 5.41) is 0. The molecule has 0 aliphatic carbocycles. The Labute approximate surface area is 188 Å². The zero-order chi connectivity index (χ0) is 23.4. The predicted molar refractivity (Wildman–Crippen MR) is 116 cm³/mol. The molecule has 2 aliphatic heterocycles. The van der Waals surface area contributed by atoms with Crippen LogP contribution < -0.4 is 0 Å². The van der Waals surface area contributed by atoms with E-state index in [1.165, 1.54) is 0 Å². The van der Waals surface area contributed by atoms with Crippen molar-refractivity contribution in [2.24, 2.45) is 5.92 Å². The van der Waals surface area contributed by atoms with Gasteiger partial charge in [0.1, 0.15) is 12.2 Å². The van der Waals surface area contributed by atoms with E-state index in [0.717, 1.165) is 10.5 Å². The van der Waals surface area contributed by atoms with Crippen LogP contribution in [0.2, 0.25) is 0 Å². The number of piperazine rings is 1. The SMILES string of the molecule is CC(C)(C)OC(=O)N1CCN(CC2CCN(C(=O)OCc3ccccc3)CC2(F)F)CC1. The quantitative estimate of drug-likeness (QED) is 0.693. The molecule has 32 heavy (non-hydrogen) atoms. The molecule has 9 heteroatoms. The Morgan fingerprint density at radius 1 is 1.00 bits per heavy atom. The van der Waals surface area contributed by atoms with Crippen LogP contribution in [0, 0.1) is 5.92 Å². The van der Waals surface area contributed by atoms with Crippen LogP contribution in [0.1, 0.15) is 32.8 Å². The largest absolute Gasteiger partial charge is 0.445 e. The highest BCUT2D eigenvalue weighted by Crippen LogP contribution is 2.34. The number of likely N-dealkylation sites (tertiary alicyclic amines) is 1. The lowest BCUT2D eigenvalue weighted by atomic mass is 9.92. The summed E-state index contributed by atoms with van der Waals surface area (Å²) < 4.78 is 40.2. The number of hydrogen-bond donors (Lipinski definition) is 0. The van der Waals surface area contributed by atoms with Crippen LogP contribution in [0.3, 0.4) is 0 Å². The molecule has 2 fully saturated rings. The first kappa shape index (κ1) is 24.2.